The van der Waals surface area contributed by atoms with Crippen LogP contribution >= 0.6 is 0 Å². The zero-order valence-electron chi connectivity index (χ0n) is 30.2. The number of nitrogens with zero attached hydrogens (tertiary/aromatic N) is 2. The predicted molar refractivity (Wildman–Crippen MR) is 192 cm³/mol. The molecule has 3 aromatic carbocycles. The minimum atomic E-state index is -1.20. The molecule has 272 valence electrons. The molecule has 13 nitrogen and oxygen atoms in total. The lowest BCUT2D eigenvalue weighted by atomic mass is 10.00. The predicted octanol–water partition coefficient (Wildman–Crippen LogP) is 4.08. The minimum Gasteiger partial charge on any atom is -0.496 e. The first-order valence-electron chi connectivity index (χ1n) is 16.8. The van der Waals surface area contributed by atoms with Gasteiger partial charge in [0.1, 0.15) is 23.2 Å². The number of benzene rings is 3. The number of hydrogen-bond acceptors (Lipinski definition) is 10. The van der Waals surface area contributed by atoms with E-state index in [1.54, 1.807) is 82.3 Å². The topological polar surface area (TPSA) is 161 Å². The molecule has 1 aliphatic heterocycles. The second-order valence-electron chi connectivity index (χ2n) is 13.4. The van der Waals surface area contributed by atoms with Gasteiger partial charge in [-0.3, -0.25) is 24.5 Å². The van der Waals surface area contributed by atoms with E-state index in [4.69, 9.17) is 14.2 Å². The molecule has 0 saturated heterocycles. The first-order valence-corrected chi connectivity index (χ1v) is 16.8. The zero-order chi connectivity index (χ0) is 37.5. The van der Waals surface area contributed by atoms with Gasteiger partial charge in [0.05, 0.1) is 56.8 Å². The van der Waals surface area contributed by atoms with E-state index in [1.165, 1.54) is 30.9 Å². The van der Waals surface area contributed by atoms with Gasteiger partial charge >= 0.3 is 11.9 Å². The van der Waals surface area contributed by atoms with Crippen molar-refractivity contribution in [2.75, 3.05) is 37.1 Å². The smallest absolute Gasteiger partial charge is 0.337 e. The second-order valence-corrected chi connectivity index (χ2v) is 13.4. The van der Waals surface area contributed by atoms with Crippen LogP contribution in [0.2, 0.25) is 0 Å². The highest BCUT2D eigenvalue weighted by Gasteiger charge is 2.38. The molecule has 2 N–H and O–H groups in total. The maximum absolute atomic E-state index is 14.6. The minimum absolute atomic E-state index is 0.0148. The molecule has 0 spiro atoms. The Hall–Kier alpha value is -5.30. The number of ketones is 1. The lowest BCUT2D eigenvalue weighted by Crippen LogP contribution is -2.56. The molecule has 4 rings (SSSR count). The maximum atomic E-state index is 14.6. The number of hydrogen-bond donors (Lipinski definition) is 2. The number of anilines is 2. The van der Waals surface area contributed by atoms with Crippen LogP contribution in [0.4, 0.5) is 11.4 Å². The van der Waals surface area contributed by atoms with Crippen LogP contribution in [0, 0.1) is 0 Å². The lowest BCUT2D eigenvalue weighted by molar-refractivity contribution is -0.153. The Labute approximate surface area is 297 Å². The lowest BCUT2D eigenvalue weighted by Gasteiger charge is -2.27. The van der Waals surface area contributed by atoms with Gasteiger partial charge in [-0.25, -0.2) is 4.79 Å². The van der Waals surface area contributed by atoms with Gasteiger partial charge in [-0.15, -0.1) is 0 Å². The standard InChI is InChI=1S/C38H46N4O9/c1-23(43)11-10-14-33(44)41-22-29(40-35(46)24(2)39-20-34(45)51-38(3,4)5)36(47)42(31-13-9-8-12-30(31)41)21-28-27-17-15-26(37(48)50-7)19-25(27)16-18-32(28)49-6/h8-9,12-13,15-19,24,29,39H,10-11,14,20-22H2,1-7H3,(H,40,46)/t24?,29-/m0/s1. The fraction of sp³-hybridized carbons (Fsp3) is 0.421. The Morgan fingerprint density at radius 3 is 2.31 bits per heavy atom. The van der Waals surface area contributed by atoms with Crippen LogP contribution in [0.3, 0.4) is 0 Å². The first kappa shape index (κ1) is 38.5. The van der Waals surface area contributed by atoms with Crippen LogP contribution in [0.15, 0.2) is 54.6 Å². The van der Waals surface area contributed by atoms with Crippen molar-refractivity contribution in [3.05, 3.63) is 65.7 Å². The van der Waals surface area contributed by atoms with E-state index in [2.05, 4.69) is 10.6 Å². The van der Waals surface area contributed by atoms with Gasteiger partial charge in [0.25, 0.3) is 5.91 Å². The van der Waals surface area contributed by atoms with Crippen molar-refractivity contribution in [3.8, 4) is 5.75 Å². The highest BCUT2D eigenvalue weighted by Crippen LogP contribution is 2.37. The Morgan fingerprint density at radius 2 is 1.67 bits per heavy atom. The van der Waals surface area contributed by atoms with Crippen LogP contribution in [-0.4, -0.2) is 80.4 Å². The van der Waals surface area contributed by atoms with Crippen LogP contribution in [-0.2, 0) is 40.0 Å². The fourth-order valence-electron chi connectivity index (χ4n) is 5.85. The number of carbonyl (C=O) groups is 6. The SMILES string of the molecule is COC(=O)c1ccc2c(CN3C(=O)[C@@H](NC(=O)C(C)NCC(=O)OC(C)(C)C)CN(C(=O)CCCC(C)=O)c4ccccc43)c(OC)ccc2c1. The Balaban J connectivity index is 1.74. The summed E-state index contributed by atoms with van der Waals surface area (Å²) >= 11 is 0. The average molecular weight is 703 g/mol. The van der Waals surface area contributed by atoms with Crippen molar-refractivity contribution in [1.82, 2.24) is 10.6 Å². The van der Waals surface area contributed by atoms with E-state index in [1.807, 2.05) is 0 Å². The summed E-state index contributed by atoms with van der Waals surface area (Å²) in [5, 5.41) is 7.08. The molecule has 1 heterocycles. The molecule has 0 bridgehead atoms. The number of para-hydroxylation sites is 2. The van der Waals surface area contributed by atoms with Crippen LogP contribution in [0.25, 0.3) is 10.8 Å². The fourth-order valence-corrected chi connectivity index (χ4v) is 5.85. The van der Waals surface area contributed by atoms with E-state index < -0.39 is 41.4 Å². The van der Waals surface area contributed by atoms with Gasteiger partial charge in [0.2, 0.25) is 11.8 Å². The molecule has 2 atom stereocenters. The maximum Gasteiger partial charge on any atom is 0.337 e. The number of ether oxygens (including phenoxy) is 3. The molecular formula is C38H46N4O9. The van der Waals surface area contributed by atoms with Crippen LogP contribution < -0.4 is 25.2 Å². The van der Waals surface area contributed by atoms with Crippen molar-refractivity contribution in [3.63, 3.8) is 0 Å². The number of Topliss-reactive ketones (excluding diaryl/α,β-unsaturated/α-hetero) is 1. The Kier molecular flexibility index (Phi) is 12.5. The summed E-state index contributed by atoms with van der Waals surface area (Å²) in [6.07, 6.45) is 0.607. The van der Waals surface area contributed by atoms with Crippen molar-refractivity contribution in [2.45, 2.75) is 78.1 Å². The number of nitrogens with one attached hydrogen (secondary N) is 2. The molecule has 51 heavy (non-hydrogen) atoms. The van der Waals surface area contributed by atoms with Crippen molar-refractivity contribution < 1.29 is 43.0 Å². The summed E-state index contributed by atoms with van der Waals surface area (Å²) < 4.78 is 16.0. The monoisotopic (exact) mass is 702 g/mol. The molecule has 0 aromatic heterocycles. The molecule has 13 heteroatoms. The molecule has 0 aliphatic carbocycles. The van der Waals surface area contributed by atoms with E-state index >= 15 is 0 Å². The number of methoxy groups -OCH3 is 2. The van der Waals surface area contributed by atoms with Gasteiger partial charge < -0.3 is 34.1 Å². The summed E-state index contributed by atoms with van der Waals surface area (Å²) in [4.78, 5) is 81.1. The molecule has 3 amide bonds. The highest BCUT2D eigenvalue weighted by molar-refractivity contribution is 6.08. The largest absolute Gasteiger partial charge is 0.496 e. The molecule has 1 aliphatic rings. The zero-order valence-corrected chi connectivity index (χ0v) is 30.2. The number of carbonyl (C=O) groups excluding carboxylic acids is 6. The summed E-state index contributed by atoms with van der Waals surface area (Å²) in [5.74, 6) is -1.95. The summed E-state index contributed by atoms with van der Waals surface area (Å²) in [6.45, 7) is 7.81. The Bertz CT molecular complexity index is 1820. The van der Waals surface area contributed by atoms with E-state index in [-0.39, 0.29) is 44.2 Å². The third-order valence-electron chi connectivity index (χ3n) is 8.34. The van der Waals surface area contributed by atoms with E-state index in [9.17, 15) is 28.8 Å². The van der Waals surface area contributed by atoms with Crippen molar-refractivity contribution in [2.24, 2.45) is 0 Å². The van der Waals surface area contributed by atoms with Gasteiger partial charge in [-0.05, 0) is 82.1 Å². The van der Waals surface area contributed by atoms with E-state index in [0.717, 1.165) is 0 Å². The normalized spacial score (nSPS) is 15.0. The van der Waals surface area contributed by atoms with Gasteiger partial charge in [0, 0.05) is 18.4 Å². The summed E-state index contributed by atoms with van der Waals surface area (Å²) in [5.41, 5.74) is 1.17. The third-order valence-corrected chi connectivity index (χ3v) is 8.34. The molecule has 0 fully saturated rings. The second kappa shape index (κ2) is 16.6. The molecule has 0 radical (unpaired) electrons. The first-order chi connectivity index (χ1) is 24.1. The number of esters is 2. The van der Waals surface area contributed by atoms with Crippen LogP contribution in [0.1, 0.15) is 69.8 Å². The summed E-state index contributed by atoms with van der Waals surface area (Å²) in [6, 6.07) is 13.5. The quantitative estimate of drug-likeness (QED) is 0.249. The van der Waals surface area contributed by atoms with Gasteiger partial charge in [-0.2, -0.15) is 0 Å². The van der Waals surface area contributed by atoms with Crippen LogP contribution in [0.5, 0.6) is 5.75 Å². The van der Waals surface area contributed by atoms with E-state index in [0.29, 0.717) is 45.4 Å². The van der Waals surface area contributed by atoms with Crippen molar-refractivity contribution >= 4 is 57.6 Å². The molecule has 3 aromatic rings. The molecule has 0 saturated carbocycles. The van der Waals surface area contributed by atoms with Crippen molar-refractivity contribution in [1.29, 1.82) is 0 Å². The summed E-state index contributed by atoms with van der Waals surface area (Å²) in [7, 11) is 2.82. The number of rotatable bonds is 13. The number of amides is 3. The third kappa shape index (κ3) is 9.69. The number of fused-ring (bicyclic) bond motifs is 2. The van der Waals surface area contributed by atoms with Gasteiger partial charge in [-0.1, -0.05) is 24.3 Å². The molecular weight excluding hydrogens is 656 g/mol. The molecule has 1 unspecified atom stereocenters. The Morgan fingerprint density at radius 1 is 0.961 bits per heavy atom. The highest BCUT2D eigenvalue weighted by atomic mass is 16.6. The average Bonchev–Trinajstić information content (AvgIpc) is 3.19. The van der Waals surface area contributed by atoms with Gasteiger partial charge in [0.15, 0.2) is 0 Å².